The number of carbonyl (C=O) groups excluding carboxylic acids is 3. The Morgan fingerprint density at radius 3 is 2.12 bits per heavy atom. The Morgan fingerprint density at radius 2 is 1.62 bits per heavy atom. The molecule has 0 radical (unpaired) electrons. The second-order valence-corrected chi connectivity index (χ2v) is 6.87. The molecule has 0 aliphatic rings. The number of hydrogen-bond acceptors (Lipinski definition) is 6. The van der Waals surface area contributed by atoms with Crippen molar-refractivity contribution in [3.63, 3.8) is 0 Å². The third kappa shape index (κ3) is 8.04. The van der Waals surface area contributed by atoms with Crippen LogP contribution >= 0.6 is 22.6 Å². The normalized spacial score (nSPS) is 11.7. The van der Waals surface area contributed by atoms with E-state index in [0.29, 0.717) is 0 Å². The Labute approximate surface area is 168 Å². The molecule has 0 rings (SSSR count). The van der Waals surface area contributed by atoms with Gasteiger partial charge >= 0.3 is 17.9 Å². The van der Waals surface area contributed by atoms with E-state index in [1.807, 2.05) is 6.08 Å². The summed E-state index contributed by atoms with van der Waals surface area (Å²) in [6, 6.07) is 0. The highest BCUT2D eigenvalue weighted by molar-refractivity contribution is 14.1. The average molecular weight is 476 g/mol. The van der Waals surface area contributed by atoms with Gasteiger partial charge in [-0.15, -0.1) is 12.3 Å². The molecule has 144 valence electrons. The first-order chi connectivity index (χ1) is 12.4. The molecule has 0 spiro atoms. The number of terminal acetylenes is 1. The predicted molar refractivity (Wildman–Crippen MR) is 106 cm³/mol. The number of ether oxygens (including phenoxy) is 3. The number of halogens is 1. The van der Waals surface area contributed by atoms with Crippen molar-refractivity contribution in [1.29, 1.82) is 0 Å². The van der Waals surface area contributed by atoms with Crippen LogP contribution in [-0.4, -0.2) is 39.2 Å². The van der Waals surface area contributed by atoms with E-state index in [1.54, 1.807) is 6.08 Å². The van der Waals surface area contributed by atoms with E-state index in [1.165, 1.54) is 27.4 Å². The van der Waals surface area contributed by atoms with Crippen molar-refractivity contribution in [2.24, 2.45) is 5.41 Å². The molecule has 0 aromatic heterocycles. The van der Waals surface area contributed by atoms with Crippen molar-refractivity contribution >= 4 is 40.5 Å². The van der Waals surface area contributed by atoms with Crippen LogP contribution in [0.15, 0.2) is 21.8 Å². The molecular weight excluding hydrogens is 451 g/mol. The first kappa shape index (κ1) is 24.2. The van der Waals surface area contributed by atoms with E-state index in [0.717, 1.165) is 29.3 Å². The van der Waals surface area contributed by atoms with Gasteiger partial charge in [-0.3, -0.25) is 9.59 Å². The smallest absolute Gasteiger partial charge is 0.330 e. The lowest BCUT2D eigenvalue weighted by atomic mass is 9.81. The molecule has 0 amide bonds. The Morgan fingerprint density at radius 1 is 1.04 bits per heavy atom. The van der Waals surface area contributed by atoms with Crippen molar-refractivity contribution in [2.45, 2.75) is 38.5 Å². The Hall–Kier alpha value is -1.82. The van der Waals surface area contributed by atoms with Crippen LogP contribution < -0.4 is 0 Å². The Bertz CT molecular complexity index is 569. The lowest BCUT2D eigenvalue weighted by molar-refractivity contribution is -0.168. The summed E-state index contributed by atoms with van der Waals surface area (Å²) in [6.45, 7) is 0. The van der Waals surface area contributed by atoms with Crippen LogP contribution in [0.1, 0.15) is 38.5 Å². The molecule has 0 saturated carbocycles. The summed E-state index contributed by atoms with van der Waals surface area (Å²) < 4.78 is 14.9. The molecule has 0 aromatic carbocycles. The van der Waals surface area contributed by atoms with E-state index in [-0.39, 0.29) is 18.8 Å². The molecule has 6 nitrogen and oxygen atoms in total. The summed E-state index contributed by atoms with van der Waals surface area (Å²) >= 11 is 2.09. The summed E-state index contributed by atoms with van der Waals surface area (Å²) in [5.41, 5.74) is -1.52. The molecule has 0 aromatic rings. The van der Waals surface area contributed by atoms with Crippen LogP contribution in [0.25, 0.3) is 0 Å². The minimum atomic E-state index is -1.52. The van der Waals surface area contributed by atoms with Crippen LogP contribution in [0.5, 0.6) is 0 Å². The first-order valence-electron chi connectivity index (χ1n) is 8.07. The summed E-state index contributed by atoms with van der Waals surface area (Å²) in [5.74, 6) is 0.612. The first-order valence-corrected chi connectivity index (χ1v) is 9.15. The lowest BCUT2D eigenvalue weighted by Gasteiger charge is -2.26. The van der Waals surface area contributed by atoms with Gasteiger partial charge in [0.15, 0.2) is 5.41 Å². The summed E-state index contributed by atoms with van der Waals surface area (Å²) in [5, 5.41) is 0. The van der Waals surface area contributed by atoms with Gasteiger partial charge in [0.25, 0.3) is 0 Å². The second kappa shape index (κ2) is 13.4. The molecule has 26 heavy (non-hydrogen) atoms. The standard InChI is InChI=1S/C19H25IO6/c1-5-13-19(17(22)25-3,18(23)26-4)14-15(20)11-9-7-6-8-10-12-16(21)24-2/h1,10-12H,6-9,13-14H2,2-4H3/b12-10+,15-11-. The molecule has 0 aliphatic carbocycles. The number of hydrogen-bond donors (Lipinski definition) is 0. The molecule has 0 unspecified atom stereocenters. The maximum atomic E-state index is 12.2. The highest BCUT2D eigenvalue weighted by Gasteiger charge is 2.48. The van der Waals surface area contributed by atoms with E-state index < -0.39 is 17.4 Å². The molecule has 0 fully saturated rings. The predicted octanol–water partition coefficient (Wildman–Crippen LogP) is 3.34. The van der Waals surface area contributed by atoms with Gasteiger partial charge in [0.1, 0.15) is 0 Å². The van der Waals surface area contributed by atoms with E-state index in [9.17, 15) is 14.4 Å². The Balaban J connectivity index is 4.76. The number of methoxy groups -OCH3 is 3. The number of unbranched alkanes of at least 4 members (excludes halogenated alkanes) is 3. The van der Waals surface area contributed by atoms with Gasteiger partial charge < -0.3 is 14.2 Å². The zero-order valence-corrected chi connectivity index (χ0v) is 17.5. The van der Waals surface area contributed by atoms with Crippen molar-refractivity contribution in [3.05, 3.63) is 21.8 Å². The highest BCUT2D eigenvalue weighted by Crippen LogP contribution is 2.36. The number of esters is 3. The zero-order valence-electron chi connectivity index (χ0n) is 15.4. The van der Waals surface area contributed by atoms with Crippen LogP contribution in [0, 0.1) is 17.8 Å². The van der Waals surface area contributed by atoms with Crippen molar-refractivity contribution < 1.29 is 28.6 Å². The largest absolute Gasteiger partial charge is 0.468 e. The monoisotopic (exact) mass is 476 g/mol. The molecule has 7 heteroatoms. The third-order valence-corrected chi connectivity index (χ3v) is 4.49. The number of rotatable bonds is 11. The molecule has 0 saturated heterocycles. The Kier molecular flexibility index (Phi) is 12.5. The molecular formula is C19H25IO6. The van der Waals surface area contributed by atoms with Gasteiger partial charge in [0.05, 0.1) is 21.3 Å². The SMILES string of the molecule is C#CCC(C/C(I)=C/CCCC/C=C/C(=O)OC)(C(=O)OC)C(=O)OC. The average Bonchev–Trinajstić information content (AvgIpc) is 2.64. The fourth-order valence-electron chi connectivity index (χ4n) is 2.27. The molecule has 0 atom stereocenters. The quantitative estimate of drug-likeness (QED) is 0.0866. The maximum absolute atomic E-state index is 12.2. The fraction of sp³-hybridized carbons (Fsp3) is 0.526. The number of carbonyl (C=O) groups is 3. The van der Waals surface area contributed by atoms with Gasteiger partial charge in [-0.2, -0.15) is 0 Å². The fourth-order valence-corrected chi connectivity index (χ4v) is 3.24. The highest BCUT2D eigenvalue weighted by atomic mass is 127. The van der Waals surface area contributed by atoms with Gasteiger partial charge in [-0.25, -0.2) is 4.79 Å². The number of allylic oxidation sites excluding steroid dienone is 3. The van der Waals surface area contributed by atoms with E-state index >= 15 is 0 Å². The van der Waals surface area contributed by atoms with Gasteiger partial charge in [0.2, 0.25) is 0 Å². The van der Waals surface area contributed by atoms with Crippen LogP contribution in [-0.2, 0) is 28.6 Å². The van der Waals surface area contributed by atoms with E-state index in [4.69, 9.17) is 15.9 Å². The molecule has 0 aliphatic heterocycles. The van der Waals surface area contributed by atoms with Crippen LogP contribution in [0.2, 0.25) is 0 Å². The molecule has 0 N–H and O–H groups in total. The van der Waals surface area contributed by atoms with Crippen molar-refractivity contribution in [1.82, 2.24) is 0 Å². The minimum Gasteiger partial charge on any atom is -0.468 e. The van der Waals surface area contributed by atoms with Gasteiger partial charge in [-0.05, 0) is 51.9 Å². The minimum absolute atomic E-state index is 0.0923. The summed E-state index contributed by atoms with van der Waals surface area (Å²) in [4.78, 5) is 35.3. The van der Waals surface area contributed by atoms with Gasteiger partial charge in [0, 0.05) is 18.9 Å². The van der Waals surface area contributed by atoms with Crippen molar-refractivity contribution in [3.8, 4) is 12.3 Å². The second-order valence-electron chi connectivity index (χ2n) is 5.48. The lowest BCUT2D eigenvalue weighted by Crippen LogP contribution is -2.41. The van der Waals surface area contributed by atoms with Crippen LogP contribution in [0.4, 0.5) is 0 Å². The third-order valence-electron chi connectivity index (χ3n) is 3.67. The van der Waals surface area contributed by atoms with Gasteiger partial charge in [-0.1, -0.05) is 12.2 Å². The summed E-state index contributed by atoms with van der Waals surface area (Å²) in [6.07, 6.45) is 13.9. The molecule has 0 heterocycles. The molecule has 0 bridgehead atoms. The van der Waals surface area contributed by atoms with Crippen LogP contribution in [0.3, 0.4) is 0 Å². The van der Waals surface area contributed by atoms with Crippen molar-refractivity contribution in [2.75, 3.05) is 21.3 Å². The van der Waals surface area contributed by atoms with E-state index in [2.05, 4.69) is 33.2 Å². The maximum Gasteiger partial charge on any atom is 0.330 e. The zero-order chi connectivity index (χ0) is 20.0. The summed E-state index contributed by atoms with van der Waals surface area (Å²) in [7, 11) is 3.77. The topological polar surface area (TPSA) is 78.9 Å².